The van der Waals surface area contributed by atoms with Gasteiger partial charge in [0.25, 0.3) is 0 Å². The van der Waals surface area contributed by atoms with Crippen molar-refractivity contribution in [2.75, 3.05) is 12.8 Å². The molecule has 2 aromatic carbocycles. The van der Waals surface area contributed by atoms with Crippen molar-refractivity contribution in [1.29, 1.82) is 0 Å². The average Bonchev–Trinajstić information content (AvgIpc) is 2.83. The van der Waals surface area contributed by atoms with E-state index in [-0.39, 0.29) is 0 Å². The highest BCUT2D eigenvalue weighted by atomic mass is 35.5. The average molecular weight is 274 g/mol. The van der Waals surface area contributed by atoms with Gasteiger partial charge in [-0.3, -0.25) is 5.10 Å². The monoisotopic (exact) mass is 273 g/mol. The van der Waals surface area contributed by atoms with E-state index < -0.39 is 0 Å². The number of aromatic nitrogens is 2. The third kappa shape index (κ3) is 2.11. The molecule has 0 unspecified atom stereocenters. The quantitative estimate of drug-likeness (QED) is 0.751. The highest BCUT2D eigenvalue weighted by Gasteiger charge is 2.10. The zero-order chi connectivity index (χ0) is 13.4. The summed E-state index contributed by atoms with van der Waals surface area (Å²) in [5, 5.41) is 9.63. The number of halogens is 1. The lowest BCUT2D eigenvalue weighted by Crippen LogP contribution is -1.89. The Morgan fingerprint density at radius 3 is 2.68 bits per heavy atom. The van der Waals surface area contributed by atoms with Gasteiger partial charge in [-0.25, -0.2) is 0 Å². The molecular weight excluding hydrogens is 262 g/mol. The van der Waals surface area contributed by atoms with Crippen molar-refractivity contribution in [2.24, 2.45) is 0 Å². The molecule has 1 aromatic heterocycles. The van der Waals surface area contributed by atoms with E-state index in [9.17, 15) is 0 Å². The van der Waals surface area contributed by atoms with Gasteiger partial charge in [0.1, 0.15) is 11.6 Å². The van der Waals surface area contributed by atoms with Crippen LogP contribution in [-0.4, -0.2) is 17.3 Å². The number of hydrogen-bond donors (Lipinski definition) is 2. The van der Waals surface area contributed by atoms with Crippen molar-refractivity contribution in [2.45, 2.75) is 0 Å². The van der Waals surface area contributed by atoms with Crippen LogP contribution < -0.4 is 10.5 Å². The predicted octanol–water partition coefficient (Wildman–Crippen LogP) is 3.47. The van der Waals surface area contributed by atoms with Gasteiger partial charge in [-0.1, -0.05) is 17.7 Å². The first kappa shape index (κ1) is 11.9. The fraction of sp³-hybridized carbons (Fsp3) is 0.0714. The van der Waals surface area contributed by atoms with Gasteiger partial charge in [0.05, 0.1) is 12.8 Å². The Morgan fingerprint density at radius 2 is 2.00 bits per heavy atom. The number of methoxy groups -OCH3 is 1. The Labute approximate surface area is 115 Å². The minimum absolute atomic E-state index is 0.447. The molecule has 3 N–H and O–H groups in total. The standard InChI is InChI=1S/C14H12ClN3O/c1-19-13-6-8-2-3-10(15)4-9(8)5-11(13)12-7-14(16)18-17-12/h2-7H,1H3,(H3,16,17,18). The van der Waals surface area contributed by atoms with Gasteiger partial charge in [0.2, 0.25) is 0 Å². The molecule has 0 aliphatic rings. The number of nitrogen functional groups attached to an aromatic ring is 1. The van der Waals surface area contributed by atoms with E-state index in [2.05, 4.69) is 10.2 Å². The molecule has 4 nitrogen and oxygen atoms in total. The Bertz CT molecular complexity index is 752. The maximum atomic E-state index is 6.02. The molecule has 0 saturated heterocycles. The van der Waals surface area contributed by atoms with Gasteiger partial charge in [-0.2, -0.15) is 5.10 Å². The molecule has 96 valence electrons. The van der Waals surface area contributed by atoms with Crippen LogP contribution in [0.2, 0.25) is 5.02 Å². The Kier molecular flexibility index (Phi) is 2.80. The lowest BCUT2D eigenvalue weighted by molar-refractivity contribution is 0.417. The van der Waals surface area contributed by atoms with Crippen molar-refractivity contribution >= 4 is 28.2 Å². The molecule has 3 rings (SSSR count). The third-order valence-corrected chi connectivity index (χ3v) is 3.24. The van der Waals surface area contributed by atoms with Gasteiger partial charge < -0.3 is 10.5 Å². The van der Waals surface area contributed by atoms with Crippen molar-refractivity contribution in [3.63, 3.8) is 0 Å². The Hall–Kier alpha value is -2.20. The second kappa shape index (κ2) is 4.48. The highest BCUT2D eigenvalue weighted by molar-refractivity contribution is 6.31. The number of ether oxygens (including phenoxy) is 1. The smallest absolute Gasteiger partial charge is 0.145 e. The van der Waals surface area contributed by atoms with Crippen molar-refractivity contribution in [3.8, 4) is 17.0 Å². The largest absolute Gasteiger partial charge is 0.496 e. The fourth-order valence-electron chi connectivity index (χ4n) is 2.10. The highest BCUT2D eigenvalue weighted by Crippen LogP contribution is 2.34. The van der Waals surface area contributed by atoms with Crippen LogP contribution in [0, 0.1) is 0 Å². The van der Waals surface area contributed by atoms with Crippen molar-refractivity contribution in [1.82, 2.24) is 10.2 Å². The fourth-order valence-corrected chi connectivity index (χ4v) is 2.28. The summed E-state index contributed by atoms with van der Waals surface area (Å²) in [6.07, 6.45) is 0. The number of nitrogens with one attached hydrogen (secondary N) is 1. The molecule has 0 atom stereocenters. The summed E-state index contributed by atoms with van der Waals surface area (Å²) < 4.78 is 5.43. The second-order valence-electron chi connectivity index (χ2n) is 4.25. The summed E-state index contributed by atoms with van der Waals surface area (Å²) in [7, 11) is 1.64. The molecule has 1 heterocycles. The lowest BCUT2D eigenvalue weighted by Gasteiger charge is -2.09. The molecule has 0 radical (unpaired) electrons. The van der Waals surface area contributed by atoms with Gasteiger partial charge in [-0.05, 0) is 35.0 Å². The van der Waals surface area contributed by atoms with E-state index in [0.29, 0.717) is 10.8 Å². The van der Waals surface area contributed by atoms with Gasteiger partial charge in [0, 0.05) is 16.7 Å². The summed E-state index contributed by atoms with van der Waals surface area (Å²) in [4.78, 5) is 0. The normalized spacial score (nSPS) is 10.8. The predicted molar refractivity (Wildman–Crippen MR) is 77.5 cm³/mol. The van der Waals surface area contributed by atoms with E-state index in [1.165, 1.54) is 0 Å². The zero-order valence-corrected chi connectivity index (χ0v) is 11.0. The number of rotatable bonds is 2. The topological polar surface area (TPSA) is 63.9 Å². The van der Waals surface area contributed by atoms with Crippen LogP contribution in [0.1, 0.15) is 0 Å². The molecule has 0 saturated carbocycles. The maximum absolute atomic E-state index is 6.02. The third-order valence-electron chi connectivity index (χ3n) is 3.01. The molecule has 5 heteroatoms. The summed E-state index contributed by atoms with van der Waals surface area (Å²) >= 11 is 6.02. The van der Waals surface area contributed by atoms with Crippen LogP contribution in [0.5, 0.6) is 5.75 Å². The van der Waals surface area contributed by atoms with Crippen LogP contribution in [-0.2, 0) is 0 Å². The molecular formula is C14H12ClN3O. The van der Waals surface area contributed by atoms with Crippen molar-refractivity contribution < 1.29 is 4.74 Å². The first-order valence-corrected chi connectivity index (χ1v) is 6.14. The number of H-pyrrole nitrogens is 1. The van der Waals surface area contributed by atoms with Crippen LogP contribution in [0.15, 0.2) is 36.4 Å². The maximum Gasteiger partial charge on any atom is 0.145 e. The summed E-state index contributed by atoms with van der Waals surface area (Å²) in [5.74, 6) is 1.21. The van der Waals surface area contributed by atoms with Gasteiger partial charge in [0.15, 0.2) is 0 Å². The molecule has 0 amide bonds. The van der Waals surface area contributed by atoms with Crippen LogP contribution >= 0.6 is 11.6 Å². The first-order valence-electron chi connectivity index (χ1n) is 5.76. The minimum atomic E-state index is 0.447. The molecule has 0 aliphatic heterocycles. The molecule has 0 spiro atoms. The van der Waals surface area contributed by atoms with Crippen LogP contribution in [0.25, 0.3) is 22.0 Å². The van der Waals surface area contributed by atoms with Gasteiger partial charge in [-0.15, -0.1) is 0 Å². The van der Waals surface area contributed by atoms with Crippen LogP contribution in [0.3, 0.4) is 0 Å². The van der Waals surface area contributed by atoms with E-state index >= 15 is 0 Å². The summed E-state index contributed by atoms with van der Waals surface area (Å²) in [6, 6.07) is 11.5. The second-order valence-corrected chi connectivity index (χ2v) is 4.69. The molecule has 0 bridgehead atoms. The molecule has 19 heavy (non-hydrogen) atoms. The zero-order valence-electron chi connectivity index (χ0n) is 10.3. The van der Waals surface area contributed by atoms with E-state index in [1.54, 1.807) is 13.2 Å². The molecule has 0 aliphatic carbocycles. The van der Waals surface area contributed by atoms with Gasteiger partial charge >= 0.3 is 0 Å². The Balaban J connectivity index is 2.27. The van der Waals surface area contributed by atoms with E-state index in [0.717, 1.165) is 27.8 Å². The number of nitrogens with zero attached hydrogens (tertiary/aromatic N) is 1. The number of aromatic amines is 1. The van der Waals surface area contributed by atoms with Crippen molar-refractivity contribution in [3.05, 3.63) is 41.4 Å². The first-order chi connectivity index (χ1) is 9.17. The molecule has 0 fully saturated rings. The number of nitrogens with two attached hydrogens (primary N) is 1. The Morgan fingerprint density at radius 1 is 1.16 bits per heavy atom. The van der Waals surface area contributed by atoms with E-state index in [1.807, 2.05) is 30.3 Å². The van der Waals surface area contributed by atoms with E-state index in [4.69, 9.17) is 22.1 Å². The summed E-state index contributed by atoms with van der Waals surface area (Å²) in [6.45, 7) is 0. The van der Waals surface area contributed by atoms with Crippen LogP contribution in [0.4, 0.5) is 5.82 Å². The number of anilines is 1. The number of benzene rings is 2. The lowest BCUT2D eigenvalue weighted by atomic mass is 10.0. The summed E-state index contributed by atoms with van der Waals surface area (Å²) in [5.41, 5.74) is 7.36. The number of fused-ring (bicyclic) bond motifs is 1. The molecule has 3 aromatic rings. The minimum Gasteiger partial charge on any atom is -0.496 e. The SMILES string of the molecule is COc1cc2ccc(Cl)cc2cc1-c1cc(N)n[nH]1. The number of hydrogen-bond acceptors (Lipinski definition) is 3.